The van der Waals surface area contributed by atoms with E-state index in [1.54, 1.807) is 4.90 Å². The van der Waals surface area contributed by atoms with Gasteiger partial charge in [0.25, 0.3) is 0 Å². The van der Waals surface area contributed by atoms with Gasteiger partial charge in [0.1, 0.15) is 0 Å². The average molecular weight is 290 g/mol. The molecule has 1 fully saturated rings. The maximum atomic E-state index is 12.1. The predicted molar refractivity (Wildman–Crippen MR) is 76.9 cm³/mol. The SMILES string of the molecule is O=C(O)CCCCN1C(=O)CN(c2ccccc2)CC1=O. The van der Waals surface area contributed by atoms with Gasteiger partial charge in [-0.2, -0.15) is 0 Å². The van der Waals surface area contributed by atoms with Gasteiger partial charge in [-0.1, -0.05) is 18.2 Å². The van der Waals surface area contributed by atoms with E-state index in [4.69, 9.17) is 5.11 Å². The van der Waals surface area contributed by atoms with Gasteiger partial charge < -0.3 is 10.0 Å². The molecule has 112 valence electrons. The molecule has 1 heterocycles. The van der Waals surface area contributed by atoms with Gasteiger partial charge in [-0.3, -0.25) is 19.3 Å². The number of hydrogen-bond acceptors (Lipinski definition) is 4. The molecule has 0 aliphatic carbocycles. The lowest BCUT2D eigenvalue weighted by atomic mass is 10.2. The monoisotopic (exact) mass is 290 g/mol. The maximum Gasteiger partial charge on any atom is 0.303 e. The van der Waals surface area contributed by atoms with Crippen molar-refractivity contribution in [3.05, 3.63) is 30.3 Å². The van der Waals surface area contributed by atoms with Crippen molar-refractivity contribution < 1.29 is 19.5 Å². The zero-order valence-corrected chi connectivity index (χ0v) is 11.7. The molecule has 1 saturated heterocycles. The van der Waals surface area contributed by atoms with Crippen molar-refractivity contribution in [1.29, 1.82) is 0 Å². The van der Waals surface area contributed by atoms with Crippen molar-refractivity contribution in [2.45, 2.75) is 19.3 Å². The van der Waals surface area contributed by atoms with E-state index in [0.29, 0.717) is 19.4 Å². The van der Waals surface area contributed by atoms with Crippen molar-refractivity contribution >= 4 is 23.5 Å². The van der Waals surface area contributed by atoms with Crippen LogP contribution in [0.5, 0.6) is 0 Å². The van der Waals surface area contributed by atoms with Gasteiger partial charge in [0.2, 0.25) is 11.8 Å². The number of unbranched alkanes of at least 4 members (excludes halogenated alkanes) is 1. The molecule has 0 spiro atoms. The van der Waals surface area contributed by atoms with Gasteiger partial charge >= 0.3 is 5.97 Å². The largest absolute Gasteiger partial charge is 0.481 e. The van der Waals surface area contributed by atoms with Gasteiger partial charge in [0, 0.05) is 18.7 Å². The van der Waals surface area contributed by atoms with E-state index in [-0.39, 0.29) is 31.3 Å². The standard InChI is InChI=1S/C15H18N2O4/c18-13-10-16(12-6-2-1-3-7-12)11-14(19)17(13)9-5-4-8-15(20)21/h1-3,6-7H,4-5,8-11H2,(H,20,21). The van der Waals surface area contributed by atoms with E-state index in [2.05, 4.69) is 0 Å². The Kier molecular flexibility index (Phi) is 4.92. The first kappa shape index (κ1) is 15.0. The minimum atomic E-state index is -0.860. The summed E-state index contributed by atoms with van der Waals surface area (Å²) in [6.07, 6.45) is 1.05. The van der Waals surface area contributed by atoms with Crippen LogP contribution in [0.3, 0.4) is 0 Å². The molecule has 6 nitrogen and oxygen atoms in total. The predicted octanol–water partition coefficient (Wildman–Crippen LogP) is 1.12. The Labute approximate surface area is 123 Å². The number of rotatable bonds is 6. The fourth-order valence-corrected chi connectivity index (χ4v) is 2.31. The molecule has 0 atom stereocenters. The summed E-state index contributed by atoms with van der Waals surface area (Å²) >= 11 is 0. The summed E-state index contributed by atoms with van der Waals surface area (Å²) in [4.78, 5) is 37.5. The van der Waals surface area contributed by atoms with Crippen LogP contribution in [0.4, 0.5) is 5.69 Å². The van der Waals surface area contributed by atoms with Crippen LogP contribution in [0.15, 0.2) is 30.3 Å². The van der Waals surface area contributed by atoms with Crippen LogP contribution in [0.1, 0.15) is 19.3 Å². The summed E-state index contributed by atoms with van der Waals surface area (Å²) in [6, 6.07) is 9.34. The number of carboxylic acids is 1. The van der Waals surface area contributed by atoms with Crippen LogP contribution in [-0.4, -0.2) is 47.4 Å². The number of carbonyl (C=O) groups is 3. The highest BCUT2D eigenvalue weighted by molar-refractivity contribution is 6.02. The second-order valence-electron chi connectivity index (χ2n) is 4.98. The van der Waals surface area contributed by atoms with E-state index in [9.17, 15) is 14.4 Å². The molecule has 0 radical (unpaired) electrons. The van der Waals surface area contributed by atoms with E-state index in [0.717, 1.165) is 5.69 Å². The number of benzene rings is 1. The quantitative estimate of drug-likeness (QED) is 0.627. The molecule has 0 saturated carbocycles. The molecule has 1 aromatic rings. The first-order chi connectivity index (χ1) is 10.1. The molecule has 6 heteroatoms. The molecule has 0 unspecified atom stereocenters. The molecule has 1 aliphatic heterocycles. The number of carbonyl (C=O) groups excluding carboxylic acids is 2. The Morgan fingerprint density at radius 2 is 1.67 bits per heavy atom. The number of carboxylic acid groups (broad SMARTS) is 1. The number of hydrogen-bond donors (Lipinski definition) is 1. The van der Waals surface area contributed by atoms with Crippen molar-refractivity contribution in [3.63, 3.8) is 0 Å². The fourth-order valence-electron chi connectivity index (χ4n) is 2.31. The highest BCUT2D eigenvalue weighted by Gasteiger charge is 2.30. The van der Waals surface area contributed by atoms with Gasteiger partial charge in [0.15, 0.2) is 0 Å². The smallest absolute Gasteiger partial charge is 0.303 e. The summed E-state index contributed by atoms with van der Waals surface area (Å²) in [5.74, 6) is -1.32. The van der Waals surface area contributed by atoms with E-state index >= 15 is 0 Å². The molecule has 21 heavy (non-hydrogen) atoms. The third-order valence-corrected chi connectivity index (χ3v) is 3.40. The number of anilines is 1. The van der Waals surface area contributed by atoms with Crippen LogP contribution in [0.2, 0.25) is 0 Å². The highest BCUT2D eigenvalue weighted by Crippen LogP contribution is 2.17. The van der Waals surface area contributed by atoms with Crippen LogP contribution < -0.4 is 4.90 Å². The Morgan fingerprint density at radius 3 is 2.24 bits per heavy atom. The summed E-state index contributed by atoms with van der Waals surface area (Å²) in [5, 5.41) is 8.56. The zero-order chi connectivity index (χ0) is 15.2. The van der Waals surface area contributed by atoms with Crippen molar-refractivity contribution in [1.82, 2.24) is 4.90 Å². The minimum absolute atomic E-state index is 0.0619. The van der Waals surface area contributed by atoms with E-state index in [1.807, 2.05) is 30.3 Å². The third kappa shape index (κ3) is 4.05. The van der Waals surface area contributed by atoms with Crippen LogP contribution in [-0.2, 0) is 14.4 Å². The fraction of sp³-hybridized carbons (Fsp3) is 0.400. The summed E-state index contributed by atoms with van der Waals surface area (Å²) in [7, 11) is 0. The van der Waals surface area contributed by atoms with Gasteiger partial charge in [-0.15, -0.1) is 0 Å². The number of imide groups is 1. The van der Waals surface area contributed by atoms with Crippen molar-refractivity contribution in [2.75, 3.05) is 24.5 Å². The van der Waals surface area contributed by atoms with E-state index in [1.165, 1.54) is 4.90 Å². The van der Waals surface area contributed by atoms with Crippen molar-refractivity contribution in [2.24, 2.45) is 0 Å². The molecular formula is C15H18N2O4. The maximum absolute atomic E-state index is 12.1. The average Bonchev–Trinajstić information content (AvgIpc) is 2.46. The Bertz CT molecular complexity index is 512. The summed E-state index contributed by atoms with van der Waals surface area (Å²) in [5.41, 5.74) is 0.852. The van der Waals surface area contributed by atoms with Crippen LogP contribution in [0, 0.1) is 0 Å². The number of para-hydroxylation sites is 1. The summed E-state index contributed by atoms with van der Waals surface area (Å²) in [6.45, 7) is 0.650. The lowest BCUT2D eigenvalue weighted by molar-refractivity contribution is -0.145. The number of piperazine rings is 1. The van der Waals surface area contributed by atoms with Gasteiger partial charge in [0.05, 0.1) is 13.1 Å². The third-order valence-electron chi connectivity index (χ3n) is 3.40. The lowest BCUT2D eigenvalue weighted by Crippen LogP contribution is -2.54. The molecule has 0 bridgehead atoms. The van der Waals surface area contributed by atoms with Crippen LogP contribution >= 0.6 is 0 Å². The van der Waals surface area contributed by atoms with Crippen molar-refractivity contribution in [3.8, 4) is 0 Å². The van der Waals surface area contributed by atoms with Gasteiger partial charge in [-0.25, -0.2) is 0 Å². The normalized spacial score (nSPS) is 15.4. The molecule has 1 N–H and O–H groups in total. The molecule has 2 amide bonds. The highest BCUT2D eigenvalue weighted by atomic mass is 16.4. The number of nitrogens with zero attached hydrogens (tertiary/aromatic N) is 2. The van der Waals surface area contributed by atoms with Gasteiger partial charge in [-0.05, 0) is 25.0 Å². The summed E-state index contributed by atoms with van der Waals surface area (Å²) < 4.78 is 0. The zero-order valence-electron chi connectivity index (χ0n) is 11.7. The Balaban J connectivity index is 1.89. The Hall–Kier alpha value is -2.37. The lowest BCUT2D eigenvalue weighted by Gasteiger charge is -2.34. The second-order valence-corrected chi connectivity index (χ2v) is 4.98. The molecular weight excluding hydrogens is 272 g/mol. The molecule has 2 rings (SSSR count). The molecule has 1 aliphatic rings. The Morgan fingerprint density at radius 1 is 1.05 bits per heavy atom. The topological polar surface area (TPSA) is 77.9 Å². The first-order valence-corrected chi connectivity index (χ1v) is 6.93. The van der Waals surface area contributed by atoms with Crippen LogP contribution in [0.25, 0.3) is 0 Å². The second kappa shape index (κ2) is 6.88. The van der Waals surface area contributed by atoms with E-state index < -0.39 is 5.97 Å². The molecule has 0 aromatic heterocycles. The number of aliphatic carboxylic acids is 1. The first-order valence-electron chi connectivity index (χ1n) is 6.93. The molecule has 1 aromatic carbocycles. The number of amides is 2. The minimum Gasteiger partial charge on any atom is -0.481 e.